The first-order valence-corrected chi connectivity index (χ1v) is 12.3. The lowest BCUT2D eigenvalue weighted by atomic mass is 10.1. The molecule has 0 spiro atoms. The molecule has 2 heterocycles. The first kappa shape index (κ1) is 22.1. The molecule has 0 aliphatic rings. The SMILES string of the molecule is CCCCCCCCCCCCSc1nnc(Sc2nccnc2C#N)s1. The molecule has 2 aromatic rings. The lowest BCUT2D eigenvalue weighted by Crippen LogP contribution is -1.89. The lowest BCUT2D eigenvalue weighted by Gasteiger charge is -2.01. The van der Waals surface area contributed by atoms with Gasteiger partial charge in [-0.25, -0.2) is 9.97 Å². The topological polar surface area (TPSA) is 75.3 Å². The molecular formula is C19H27N5S3. The van der Waals surface area contributed by atoms with Gasteiger partial charge in [0.2, 0.25) is 0 Å². The fourth-order valence-corrected chi connectivity index (χ4v) is 5.62. The average Bonchev–Trinajstić information content (AvgIpc) is 3.14. The monoisotopic (exact) mass is 421 g/mol. The van der Waals surface area contributed by atoms with E-state index in [1.165, 1.54) is 82.2 Å². The van der Waals surface area contributed by atoms with Gasteiger partial charge in [-0.2, -0.15) is 5.26 Å². The van der Waals surface area contributed by atoms with Gasteiger partial charge in [0.25, 0.3) is 0 Å². The van der Waals surface area contributed by atoms with E-state index in [0.717, 1.165) is 14.4 Å². The van der Waals surface area contributed by atoms with Crippen LogP contribution in [-0.2, 0) is 0 Å². The van der Waals surface area contributed by atoms with Crippen molar-refractivity contribution in [2.24, 2.45) is 0 Å². The van der Waals surface area contributed by atoms with E-state index in [9.17, 15) is 0 Å². The van der Waals surface area contributed by atoms with Gasteiger partial charge in [-0.05, 0) is 18.2 Å². The standard InChI is InChI=1S/C19H27N5S3/c1-2-3-4-5-6-7-8-9-10-11-14-25-18-23-24-19(27-18)26-17-16(15-20)21-12-13-22-17/h12-13H,2-11,14H2,1H3. The molecule has 0 saturated carbocycles. The van der Waals surface area contributed by atoms with Gasteiger partial charge in [0.05, 0.1) is 0 Å². The smallest absolute Gasteiger partial charge is 0.181 e. The van der Waals surface area contributed by atoms with Crippen molar-refractivity contribution in [1.82, 2.24) is 20.2 Å². The van der Waals surface area contributed by atoms with Crippen LogP contribution >= 0.6 is 34.9 Å². The molecule has 0 unspecified atom stereocenters. The zero-order chi connectivity index (χ0) is 19.2. The first-order valence-electron chi connectivity index (χ1n) is 9.68. The molecule has 0 N–H and O–H groups in total. The summed E-state index contributed by atoms with van der Waals surface area (Å²) < 4.78 is 1.79. The fraction of sp³-hybridized carbons (Fsp3) is 0.632. The maximum Gasteiger partial charge on any atom is 0.181 e. The third kappa shape index (κ3) is 9.04. The van der Waals surface area contributed by atoms with Gasteiger partial charge in [0.1, 0.15) is 11.1 Å². The maximum absolute atomic E-state index is 9.07. The largest absolute Gasteiger partial charge is 0.245 e. The van der Waals surface area contributed by atoms with Crippen LogP contribution in [-0.4, -0.2) is 25.9 Å². The molecule has 0 fully saturated rings. The van der Waals surface area contributed by atoms with Crippen molar-refractivity contribution in [3.05, 3.63) is 18.1 Å². The number of nitrogens with zero attached hydrogens (tertiary/aromatic N) is 5. The van der Waals surface area contributed by atoms with Crippen molar-refractivity contribution >= 4 is 34.9 Å². The van der Waals surface area contributed by atoms with Crippen molar-refractivity contribution in [1.29, 1.82) is 5.26 Å². The Hall–Kier alpha value is -1.17. The van der Waals surface area contributed by atoms with Crippen molar-refractivity contribution in [2.45, 2.75) is 84.8 Å². The number of hydrogen-bond acceptors (Lipinski definition) is 8. The van der Waals surface area contributed by atoms with Crippen LogP contribution in [0.4, 0.5) is 0 Å². The van der Waals surface area contributed by atoms with Crippen LogP contribution in [0.2, 0.25) is 0 Å². The summed E-state index contributed by atoms with van der Waals surface area (Å²) in [5, 5.41) is 18.1. The van der Waals surface area contributed by atoms with Gasteiger partial charge in [-0.1, -0.05) is 87.8 Å². The molecule has 0 atom stereocenters. The molecule has 0 aliphatic carbocycles. The second-order valence-electron chi connectivity index (χ2n) is 6.29. The van der Waals surface area contributed by atoms with Crippen LogP contribution in [0.25, 0.3) is 0 Å². The summed E-state index contributed by atoms with van der Waals surface area (Å²) in [6, 6.07) is 2.05. The number of rotatable bonds is 14. The van der Waals surface area contributed by atoms with E-state index in [2.05, 4.69) is 33.2 Å². The summed E-state index contributed by atoms with van der Waals surface area (Å²) in [6.45, 7) is 2.27. The van der Waals surface area contributed by atoms with Gasteiger partial charge < -0.3 is 0 Å². The van der Waals surface area contributed by atoms with Crippen LogP contribution in [0.15, 0.2) is 26.1 Å². The molecule has 0 aliphatic heterocycles. The fourth-order valence-electron chi connectivity index (χ4n) is 2.61. The molecule has 5 nitrogen and oxygen atoms in total. The highest BCUT2D eigenvalue weighted by Gasteiger charge is 2.11. The Morgan fingerprint density at radius 2 is 1.52 bits per heavy atom. The quantitative estimate of drug-likeness (QED) is 0.259. The number of hydrogen-bond donors (Lipinski definition) is 0. The predicted octanol–water partition coefficient (Wildman–Crippen LogP) is 6.36. The molecule has 146 valence electrons. The third-order valence-corrected chi connectivity index (χ3v) is 7.25. The van der Waals surface area contributed by atoms with Crippen molar-refractivity contribution in [3.63, 3.8) is 0 Å². The summed E-state index contributed by atoms with van der Waals surface area (Å²) in [6.07, 6.45) is 16.7. The number of unbranched alkanes of at least 4 members (excludes halogenated alkanes) is 9. The zero-order valence-corrected chi connectivity index (χ0v) is 18.3. The normalized spacial score (nSPS) is 10.8. The Kier molecular flexibility index (Phi) is 11.4. The van der Waals surface area contributed by atoms with Crippen molar-refractivity contribution < 1.29 is 0 Å². The predicted molar refractivity (Wildman–Crippen MR) is 113 cm³/mol. The molecule has 0 amide bonds. The van der Waals surface area contributed by atoms with E-state index < -0.39 is 0 Å². The minimum atomic E-state index is 0.331. The van der Waals surface area contributed by atoms with Crippen molar-refractivity contribution in [3.8, 4) is 6.07 Å². The lowest BCUT2D eigenvalue weighted by molar-refractivity contribution is 0.563. The van der Waals surface area contributed by atoms with Gasteiger partial charge in [0.15, 0.2) is 14.4 Å². The average molecular weight is 422 g/mol. The molecule has 0 bridgehead atoms. The van der Waals surface area contributed by atoms with E-state index >= 15 is 0 Å². The van der Waals surface area contributed by atoms with Crippen molar-refractivity contribution in [2.75, 3.05) is 5.75 Å². The maximum atomic E-state index is 9.07. The molecule has 27 heavy (non-hydrogen) atoms. The molecule has 8 heteroatoms. The zero-order valence-electron chi connectivity index (χ0n) is 15.9. The summed E-state index contributed by atoms with van der Waals surface area (Å²) in [7, 11) is 0. The Balaban J connectivity index is 1.56. The summed E-state index contributed by atoms with van der Waals surface area (Å²) in [5.41, 5.74) is 0.331. The van der Waals surface area contributed by atoms with E-state index in [1.807, 2.05) is 0 Å². The van der Waals surface area contributed by atoms with Crippen LogP contribution in [0.1, 0.15) is 76.8 Å². The summed E-state index contributed by atoms with van der Waals surface area (Å²) in [4.78, 5) is 8.21. The Morgan fingerprint density at radius 1 is 0.889 bits per heavy atom. The van der Waals surface area contributed by atoms with Crippen LogP contribution in [0.5, 0.6) is 0 Å². The minimum absolute atomic E-state index is 0.331. The Labute approximate surface area is 174 Å². The van der Waals surface area contributed by atoms with Gasteiger partial charge in [-0.3, -0.25) is 0 Å². The van der Waals surface area contributed by atoms with E-state index in [1.54, 1.807) is 29.3 Å². The first-order chi connectivity index (χ1) is 13.3. The highest BCUT2D eigenvalue weighted by molar-refractivity contribution is 8.03. The van der Waals surface area contributed by atoms with Crippen LogP contribution < -0.4 is 0 Å². The van der Waals surface area contributed by atoms with E-state index in [0.29, 0.717) is 10.7 Å². The second kappa shape index (κ2) is 13.9. The summed E-state index contributed by atoms with van der Waals surface area (Å²) >= 11 is 4.68. The van der Waals surface area contributed by atoms with Crippen LogP contribution in [0, 0.1) is 11.3 Å². The number of nitriles is 1. The van der Waals surface area contributed by atoms with Gasteiger partial charge in [0, 0.05) is 18.1 Å². The molecule has 2 rings (SSSR count). The third-order valence-electron chi connectivity index (χ3n) is 4.07. The number of thioether (sulfide) groups is 1. The molecule has 2 aromatic heterocycles. The molecule has 0 radical (unpaired) electrons. The molecular weight excluding hydrogens is 394 g/mol. The minimum Gasteiger partial charge on any atom is -0.245 e. The van der Waals surface area contributed by atoms with Gasteiger partial charge in [-0.15, -0.1) is 10.2 Å². The molecule has 0 saturated heterocycles. The molecule has 0 aromatic carbocycles. The highest BCUT2D eigenvalue weighted by atomic mass is 32.2. The highest BCUT2D eigenvalue weighted by Crippen LogP contribution is 2.33. The number of aromatic nitrogens is 4. The second-order valence-corrected chi connectivity index (χ2v) is 9.84. The van der Waals surface area contributed by atoms with E-state index in [4.69, 9.17) is 5.26 Å². The Bertz CT molecular complexity index is 699. The Morgan fingerprint density at radius 3 is 2.22 bits per heavy atom. The van der Waals surface area contributed by atoms with Crippen LogP contribution in [0.3, 0.4) is 0 Å². The summed E-state index contributed by atoms with van der Waals surface area (Å²) in [5.74, 6) is 1.09. The van der Waals surface area contributed by atoms with Gasteiger partial charge >= 0.3 is 0 Å². The van der Waals surface area contributed by atoms with E-state index in [-0.39, 0.29) is 0 Å².